The second-order valence-electron chi connectivity index (χ2n) is 4.07. The van der Waals surface area contributed by atoms with Crippen LogP contribution >= 0.6 is 11.6 Å². The van der Waals surface area contributed by atoms with Crippen LogP contribution in [0.15, 0.2) is 24.3 Å². The Morgan fingerprint density at radius 3 is 2.53 bits per heavy atom. The summed E-state index contributed by atoms with van der Waals surface area (Å²) in [6, 6.07) is 7.72. The molecule has 1 heterocycles. The molecular weight excluding hydrogens is 234 g/mol. The zero-order valence-corrected chi connectivity index (χ0v) is 10.8. The Bertz CT molecular complexity index is 514. The van der Waals surface area contributed by atoms with Gasteiger partial charge in [-0.1, -0.05) is 11.6 Å². The van der Waals surface area contributed by atoms with Crippen LogP contribution in [0.5, 0.6) is 0 Å². The Labute approximate surface area is 106 Å². The highest BCUT2D eigenvalue weighted by Crippen LogP contribution is 2.23. The van der Waals surface area contributed by atoms with Gasteiger partial charge >= 0.3 is 0 Å². The molecule has 0 spiro atoms. The highest BCUT2D eigenvalue weighted by atomic mass is 35.5. The van der Waals surface area contributed by atoms with E-state index in [2.05, 4.69) is 9.55 Å². The van der Waals surface area contributed by atoms with Crippen molar-refractivity contribution in [1.82, 2.24) is 9.55 Å². The van der Waals surface area contributed by atoms with E-state index in [1.807, 2.05) is 38.2 Å². The summed E-state index contributed by atoms with van der Waals surface area (Å²) in [7, 11) is 2.02. The molecule has 0 amide bonds. The molecule has 0 radical (unpaired) electrons. The predicted octanol–water partition coefficient (Wildman–Crippen LogP) is 2.55. The molecule has 17 heavy (non-hydrogen) atoms. The van der Waals surface area contributed by atoms with Gasteiger partial charge in [-0.2, -0.15) is 0 Å². The Balaban J connectivity index is 2.46. The van der Waals surface area contributed by atoms with Crippen molar-refractivity contribution in [3.63, 3.8) is 0 Å². The molecule has 0 aliphatic rings. The molecule has 0 bridgehead atoms. The minimum absolute atomic E-state index is 0.639. The Morgan fingerprint density at radius 2 is 1.94 bits per heavy atom. The van der Waals surface area contributed by atoms with Crippen LogP contribution in [0.1, 0.15) is 11.4 Å². The van der Waals surface area contributed by atoms with Gasteiger partial charge in [0.15, 0.2) is 0 Å². The van der Waals surface area contributed by atoms with Crippen molar-refractivity contribution >= 4 is 11.6 Å². The monoisotopic (exact) mass is 249 g/mol. The first-order valence-corrected chi connectivity index (χ1v) is 5.99. The van der Waals surface area contributed by atoms with E-state index in [9.17, 15) is 0 Å². The topological polar surface area (TPSA) is 43.8 Å². The molecule has 0 unspecified atom stereocenters. The third kappa shape index (κ3) is 2.35. The number of aryl methyl sites for hydroxylation is 1. The Hall–Kier alpha value is -1.32. The van der Waals surface area contributed by atoms with Crippen LogP contribution in [0.4, 0.5) is 0 Å². The minimum atomic E-state index is 0.639. The summed E-state index contributed by atoms with van der Waals surface area (Å²) in [5.41, 5.74) is 8.92. The van der Waals surface area contributed by atoms with Crippen LogP contribution in [0, 0.1) is 6.92 Å². The number of nitrogens with two attached hydrogens (primary N) is 1. The van der Waals surface area contributed by atoms with E-state index in [0.717, 1.165) is 28.5 Å². The minimum Gasteiger partial charge on any atom is -0.331 e. The maximum Gasteiger partial charge on any atom is 0.140 e. The summed E-state index contributed by atoms with van der Waals surface area (Å²) in [6.45, 7) is 2.66. The molecule has 0 saturated heterocycles. The van der Waals surface area contributed by atoms with Gasteiger partial charge in [-0.15, -0.1) is 0 Å². The van der Waals surface area contributed by atoms with Crippen LogP contribution in [0.25, 0.3) is 11.4 Å². The van der Waals surface area contributed by atoms with Gasteiger partial charge in [0.25, 0.3) is 0 Å². The molecule has 0 saturated carbocycles. The highest BCUT2D eigenvalue weighted by Gasteiger charge is 2.12. The third-order valence-corrected chi connectivity index (χ3v) is 3.15. The largest absolute Gasteiger partial charge is 0.331 e. The maximum atomic E-state index is 5.88. The van der Waals surface area contributed by atoms with E-state index in [1.165, 1.54) is 5.69 Å². The summed E-state index contributed by atoms with van der Waals surface area (Å²) in [5.74, 6) is 0.961. The molecule has 2 N–H and O–H groups in total. The van der Waals surface area contributed by atoms with Crippen molar-refractivity contribution in [2.75, 3.05) is 6.54 Å². The lowest BCUT2D eigenvalue weighted by atomic mass is 10.2. The third-order valence-electron chi connectivity index (χ3n) is 2.90. The maximum absolute atomic E-state index is 5.88. The lowest BCUT2D eigenvalue weighted by Crippen LogP contribution is -2.08. The number of halogens is 1. The summed E-state index contributed by atoms with van der Waals surface area (Å²) in [4.78, 5) is 4.59. The Kier molecular flexibility index (Phi) is 3.50. The van der Waals surface area contributed by atoms with Gasteiger partial charge in [-0.3, -0.25) is 0 Å². The summed E-state index contributed by atoms with van der Waals surface area (Å²) in [6.07, 6.45) is 0.850. The van der Waals surface area contributed by atoms with Gasteiger partial charge in [-0.05, 0) is 37.7 Å². The number of hydrogen-bond acceptors (Lipinski definition) is 2. The summed E-state index contributed by atoms with van der Waals surface area (Å²) in [5, 5.41) is 0.738. The van der Waals surface area contributed by atoms with Crippen LogP contribution in [-0.2, 0) is 13.5 Å². The zero-order chi connectivity index (χ0) is 12.4. The fourth-order valence-electron chi connectivity index (χ4n) is 2.01. The molecular formula is C13H16ClN3. The van der Waals surface area contributed by atoms with Gasteiger partial charge < -0.3 is 10.3 Å². The quantitative estimate of drug-likeness (QED) is 0.909. The van der Waals surface area contributed by atoms with Crippen LogP contribution in [-0.4, -0.2) is 16.1 Å². The fourth-order valence-corrected chi connectivity index (χ4v) is 2.14. The van der Waals surface area contributed by atoms with E-state index >= 15 is 0 Å². The molecule has 4 heteroatoms. The predicted molar refractivity (Wildman–Crippen MR) is 71.1 cm³/mol. The first-order chi connectivity index (χ1) is 8.13. The number of rotatable bonds is 3. The van der Waals surface area contributed by atoms with E-state index < -0.39 is 0 Å². The second kappa shape index (κ2) is 4.90. The molecule has 0 aliphatic heterocycles. The SMILES string of the molecule is Cc1nc(-c2ccc(Cl)cc2)n(C)c1CCN. The average molecular weight is 250 g/mol. The lowest BCUT2D eigenvalue weighted by molar-refractivity contribution is 0.805. The van der Waals surface area contributed by atoms with Gasteiger partial charge in [0.05, 0.1) is 5.69 Å². The highest BCUT2D eigenvalue weighted by molar-refractivity contribution is 6.30. The molecule has 90 valence electrons. The van der Waals surface area contributed by atoms with E-state index in [0.29, 0.717) is 6.54 Å². The van der Waals surface area contributed by atoms with Crippen molar-refractivity contribution in [2.45, 2.75) is 13.3 Å². The number of hydrogen-bond donors (Lipinski definition) is 1. The van der Waals surface area contributed by atoms with Crippen molar-refractivity contribution in [3.05, 3.63) is 40.7 Å². The van der Waals surface area contributed by atoms with Crippen molar-refractivity contribution < 1.29 is 0 Å². The van der Waals surface area contributed by atoms with Gasteiger partial charge in [0.1, 0.15) is 5.82 Å². The first-order valence-electron chi connectivity index (χ1n) is 5.61. The number of nitrogens with zero attached hydrogens (tertiary/aromatic N) is 2. The molecule has 3 nitrogen and oxygen atoms in total. The molecule has 0 atom stereocenters. The molecule has 0 aliphatic carbocycles. The Morgan fingerprint density at radius 1 is 1.29 bits per heavy atom. The zero-order valence-electron chi connectivity index (χ0n) is 10.1. The molecule has 2 rings (SSSR count). The fraction of sp³-hybridized carbons (Fsp3) is 0.308. The number of imidazole rings is 1. The molecule has 0 fully saturated rings. The molecule has 1 aromatic heterocycles. The summed E-state index contributed by atoms with van der Waals surface area (Å²) < 4.78 is 2.10. The van der Waals surface area contributed by atoms with Crippen molar-refractivity contribution in [2.24, 2.45) is 12.8 Å². The lowest BCUT2D eigenvalue weighted by Gasteiger charge is -2.05. The number of aromatic nitrogens is 2. The number of benzene rings is 1. The van der Waals surface area contributed by atoms with Crippen LogP contribution < -0.4 is 5.73 Å². The summed E-state index contributed by atoms with van der Waals surface area (Å²) >= 11 is 5.88. The average Bonchev–Trinajstić information content (AvgIpc) is 2.59. The normalized spacial score (nSPS) is 10.8. The van der Waals surface area contributed by atoms with Crippen molar-refractivity contribution in [3.8, 4) is 11.4 Å². The van der Waals surface area contributed by atoms with Crippen LogP contribution in [0.3, 0.4) is 0 Å². The van der Waals surface area contributed by atoms with E-state index in [4.69, 9.17) is 17.3 Å². The van der Waals surface area contributed by atoms with Gasteiger partial charge in [0.2, 0.25) is 0 Å². The van der Waals surface area contributed by atoms with Gasteiger partial charge in [-0.25, -0.2) is 4.98 Å². The first kappa shape index (κ1) is 12.1. The van der Waals surface area contributed by atoms with E-state index in [-0.39, 0.29) is 0 Å². The standard InChI is InChI=1S/C13H16ClN3/c1-9-12(7-8-15)17(2)13(16-9)10-3-5-11(14)6-4-10/h3-6H,7-8,15H2,1-2H3. The van der Waals surface area contributed by atoms with E-state index in [1.54, 1.807) is 0 Å². The van der Waals surface area contributed by atoms with Crippen LogP contribution in [0.2, 0.25) is 5.02 Å². The smallest absolute Gasteiger partial charge is 0.140 e. The second-order valence-corrected chi connectivity index (χ2v) is 4.51. The van der Waals surface area contributed by atoms with Crippen molar-refractivity contribution in [1.29, 1.82) is 0 Å². The molecule has 1 aromatic carbocycles. The molecule has 2 aromatic rings. The van der Waals surface area contributed by atoms with Gasteiger partial charge in [0, 0.05) is 29.7 Å².